The maximum Gasteiger partial charge on any atom is 0.326 e. The number of carboxylic acid groups (broad SMARTS) is 1. The Kier molecular flexibility index (Phi) is 7.18. The van der Waals surface area contributed by atoms with Crippen molar-refractivity contribution in [2.75, 3.05) is 0 Å². The van der Waals surface area contributed by atoms with Gasteiger partial charge in [0.15, 0.2) is 0 Å². The van der Waals surface area contributed by atoms with Gasteiger partial charge >= 0.3 is 12.0 Å². The first-order valence-corrected chi connectivity index (χ1v) is 7.04. The number of aliphatic carboxylic acids is 1. The van der Waals surface area contributed by atoms with Crippen LogP contribution in [0.5, 0.6) is 0 Å². The third kappa shape index (κ3) is 8.88. The van der Waals surface area contributed by atoms with Gasteiger partial charge in [0, 0.05) is 5.54 Å². The lowest BCUT2D eigenvalue weighted by Crippen LogP contribution is -2.54. The van der Waals surface area contributed by atoms with E-state index in [0.717, 1.165) is 0 Å². The minimum absolute atomic E-state index is 0.132. The Morgan fingerprint density at radius 1 is 1.05 bits per heavy atom. The highest BCUT2D eigenvalue weighted by Gasteiger charge is 2.24. The Morgan fingerprint density at radius 3 is 1.95 bits per heavy atom. The molecule has 21 heavy (non-hydrogen) atoms. The van der Waals surface area contributed by atoms with Gasteiger partial charge in [0.25, 0.3) is 0 Å². The second-order valence-electron chi connectivity index (χ2n) is 6.60. The van der Waals surface area contributed by atoms with E-state index in [4.69, 9.17) is 5.11 Å². The Morgan fingerprint density at radius 2 is 1.57 bits per heavy atom. The van der Waals surface area contributed by atoms with E-state index in [1.54, 1.807) is 6.92 Å². The van der Waals surface area contributed by atoms with Crippen molar-refractivity contribution in [3.05, 3.63) is 0 Å². The van der Waals surface area contributed by atoms with Crippen molar-refractivity contribution >= 4 is 17.9 Å². The molecule has 2 atom stereocenters. The first kappa shape index (κ1) is 19.2. The maximum absolute atomic E-state index is 11.8. The van der Waals surface area contributed by atoms with Crippen molar-refractivity contribution in [3.63, 3.8) is 0 Å². The number of carboxylic acids is 1. The highest BCUT2D eigenvalue weighted by Crippen LogP contribution is 2.05. The molecule has 0 aliphatic heterocycles. The third-order valence-electron chi connectivity index (χ3n) is 2.55. The molecule has 0 aliphatic carbocycles. The van der Waals surface area contributed by atoms with Gasteiger partial charge in [-0.2, -0.15) is 0 Å². The SMILES string of the molecule is CC(C)CC(NC(=O)NC(C)C(=O)NC(C)(C)C)C(=O)O. The third-order valence-corrected chi connectivity index (χ3v) is 2.55. The Bertz CT molecular complexity index is 388. The standard InChI is InChI=1S/C14H27N3O4/c1-8(2)7-10(12(19)20)16-13(21)15-9(3)11(18)17-14(4,5)6/h8-10H,7H2,1-6H3,(H,17,18)(H,19,20)(H2,15,16,21). The number of hydrogen-bond acceptors (Lipinski definition) is 3. The molecule has 4 N–H and O–H groups in total. The van der Waals surface area contributed by atoms with Crippen LogP contribution in [0.4, 0.5) is 4.79 Å². The highest BCUT2D eigenvalue weighted by atomic mass is 16.4. The predicted octanol–water partition coefficient (Wildman–Crippen LogP) is 1.09. The molecular weight excluding hydrogens is 274 g/mol. The van der Waals surface area contributed by atoms with E-state index in [-0.39, 0.29) is 11.8 Å². The number of carbonyl (C=O) groups excluding carboxylic acids is 2. The molecule has 7 heteroatoms. The molecule has 0 aromatic rings. The van der Waals surface area contributed by atoms with Gasteiger partial charge in [0.1, 0.15) is 12.1 Å². The van der Waals surface area contributed by atoms with Crippen LogP contribution in [0.15, 0.2) is 0 Å². The smallest absolute Gasteiger partial charge is 0.326 e. The summed E-state index contributed by atoms with van der Waals surface area (Å²) in [6.07, 6.45) is 0.325. The molecule has 0 heterocycles. The van der Waals surface area contributed by atoms with Crippen molar-refractivity contribution in [1.29, 1.82) is 0 Å². The van der Waals surface area contributed by atoms with E-state index >= 15 is 0 Å². The number of amides is 3. The normalized spacial score (nSPS) is 14.2. The van der Waals surface area contributed by atoms with E-state index in [9.17, 15) is 14.4 Å². The zero-order chi connectivity index (χ0) is 16.8. The van der Waals surface area contributed by atoms with Crippen molar-refractivity contribution in [1.82, 2.24) is 16.0 Å². The molecule has 0 saturated heterocycles. The van der Waals surface area contributed by atoms with Crippen LogP contribution in [-0.4, -0.2) is 40.6 Å². The summed E-state index contributed by atoms with van der Waals surface area (Å²) in [5.74, 6) is -1.29. The summed E-state index contributed by atoms with van der Waals surface area (Å²) >= 11 is 0. The molecule has 122 valence electrons. The van der Waals surface area contributed by atoms with Gasteiger partial charge in [-0.3, -0.25) is 4.79 Å². The van der Waals surface area contributed by atoms with Crippen LogP contribution in [-0.2, 0) is 9.59 Å². The molecule has 0 rings (SSSR count). The summed E-state index contributed by atoms with van der Waals surface area (Å²) < 4.78 is 0. The van der Waals surface area contributed by atoms with E-state index in [0.29, 0.717) is 6.42 Å². The zero-order valence-electron chi connectivity index (χ0n) is 13.6. The van der Waals surface area contributed by atoms with Crippen LogP contribution in [0, 0.1) is 5.92 Å². The molecule has 0 spiro atoms. The van der Waals surface area contributed by atoms with Gasteiger partial charge in [0.2, 0.25) is 5.91 Å². The van der Waals surface area contributed by atoms with Crippen molar-refractivity contribution in [2.24, 2.45) is 5.92 Å². The molecular formula is C14H27N3O4. The van der Waals surface area contributed by atoms with Crippen LogP contribution in [0.3, 0.4) is 0 Å². The summed E-state index contributed by atoms with van der Waals surface area (Å²) in [6, 6.07) is -2.39. The maximum atomic E-state index is 11.8. The Hall–Kier alpha value is -1.79. The van der Waals surface area contributed by atoms with Gasteiger partial charge in [-0.15, -0.1) is 0 Å². The van der Waals surface area contributed by atoms with Gasteiger partial charge in [-0.1, -0.05) is 13.8 Å². The van der Waals surface area contributed by atoms with Crippen LogP contribution in [0.25, 0.3) is 0 Å². The van der Waals surface area contributed by atoms with Crippen LogP contribution in [0.2, 0.25) is 0 Å². The molecule has 0 aromatic carbocycles. The molecule has 0 aromatic heterocycles. The van der Waals surface area contributed by atoms with Crippen molar-refractivity contribution in [2.45, 2.75) is 65.6 Å². The van der Waals surface area contributed by atoms with Gasteiger partial charge in [-0.25, -0.2) is 9.59 Å². The average Bonchev–Trinajstić information content (AvgIpc) is 2.24. The Balaban J connectivity index is 4.46. The fourth-order valence-corrected chi connectivity index (χ4v) is 1.63. The molecule has 3 amide bonds. The first-order chi connectivity index (χ1) is 9.42. The van der Waals surface area contributed by atoms with Gasteiger partial charge < -0.3 is 21.1 Å². The molecule has 2 unspecified atom stereocenters. The molecule has 0 aliphatic rings. The second-order valence-corrected chi connectivity index (χ2v) is 6.60. The Labute approximate surface area is 125 Å². The lowest BCUT2D eigenvalue weighted by molar-refractivity contribution is -0.139. The van der Waals surface area contributed by atoms with Crippen LogP contribution >= 0.6 is 0 Å². The molecule has 0 fully saturated rings. The fraction of sp³-hybridized carbons (Fsp3) is 0.786. The van der Waals surface area contributed by atoms with Crippen molar-refractivity contribution < 1.29 is 19.5 Å². The lowest BCUT2D eigenvalue weighted by atomic mass is 10.0. The number of urea groups is 1. The van der Waals surface area contributed by atoms with Gasteiger partial charge in [-0.05, 0) is 40.0 Å². The van der Waals surface area contributed by atoms with E-state index < -0.39 is 29.6 Å². The number of carbonyl (C=O) groups is 3. The van der Waals surface area contributed by atoms with Crippen LogP contribution < -0.4 is 16.0 Å². The van der Waals surface area contributed by atoms with Crippen LogP contribution in [0.1, 0.15) is 48.0 Å². The second kappa shape index (κ2) is 7.85. The topological polar surface area (TPSA) is 108 Å². The lowest BCUT2D eigenvalue weighted by Gasteiger charge is -2.24. The summed E-state index contributed by atoms with van der Waals surface area (Å²) in [5.41, 5.74) is -0.398. The monoisotopic (exact) mass is 301 g/mol. The number of rotatable bonds is 6. The molecule has 7 nitrogen and oxygen atoms in total. The highest BCUT2D eigenvalue weighted by molar-refractivity contribution is 5.88. The molecule has 0 bridgehead atoms. The summed E-state index contributed by atoms with van der Waals surface area (Å²) in [5, 5.41) is 16.6. The fourth-order valence-electron chi connectivity index (χ4n) is 1.63. The van der Waals surface area contributed by atoms with Gasteiger partial charge in [0.05, 0.1) is 0 Å². The van der Waals surface area contributed by atoms with E-state index in [1.807, 2.05) is 34.6 Å². The van der Waals surface area contributed by atoms with E-state index in [1.165, 1.54) is 0 Å². The number of nitrogens with one attached hydrogen (secondary N) is 3. The summed E-state index contributed by atoms with van der Waals surface area (Å²) in [4.78, 5) is 34.6. The summed E-state index contributed by atoms with van der Waals surface area (Å²) in [6.45, 7) is 10.8. The minimum atomic E-state index is -1.09. The zero-order valence-corrected chi connectivity index (χ0v) is 13.6. The molecule has 0 radical (unpaired) electrons. The quantitative estimate of drug-likeness (QED) is 0.589. The van der Waals surface area contributed by atoms with E-state index in [2.05, 4.69) is 16.0 Å². The first-order valence-electron chi connectivity index (χ1n) is 7.04. The van der Waals surface area contributed by atoms with Crippen molar-refractivity contribution in [3.8, 4) is 0 Å². The predicted molar refractivity (Wildman–Crippen MR) is 79.9 cm³/mol. The molecule has 0 saturated carbocycles. The summed E-state index contributed by atoms with van der Waals surface area (Å²) in [7, 11) is 0. The largest absolute Gasteiger partial charge is 0.480 e. The number of hydrogen-bond donors (Lipinski definition) is 4. The minimum Gasteiger partial charge on any atom is -0.480 e. The average molecular weight is 301 g/mol.